The lowest BCUT2D eigenvalue weighted by atomic mass is 10.2. The Morgan fingerprint density at radius 3 is 2.79 bits per heavy atom. The molecule has 0 aliphatic rings. The number of nitriles is 1. The molecule has 0 radical (unpaired) electrons. The predicted molar refractivity (Wildman–Crippen MR) is 79.6 cm³/mol. The van der Waals surface area contributed by atoms with Gasteiger partial charge < -0.3 is 4.52 Å². The van der Waals surface area contributed by atoms with Crippen molar-refractivity contribution < 1.29 is 13.3 Å². The fraction of sp³-hybridized carbons (Fsp3) is 0.182. The molecule has 0 saturated carbocycles. The summed E-state index contributed by atoms with van der Waals surface area (Å²) in [6.07, 6.45) is 5.13. The molecule has 0 spiro atoms. The monoisotopic (exact) mass is 335 g/mol. The molecule has 1 aromatic rings. The number of halogens is 2. The minimum absolute atomic E-state index is 0.0552. The van der Waals surface area contributed by atoms with Gasteiger partial charge in [-0.3, -0.25) is 0 Å². The molecule has 0 N–H and O–H groups in total. The van der Waals surface area contributed by atoms with E-state index in [0.29, 0.717) is 10.6 Å². The van der Waals surface area contributed by atoms with Gasteiger partial charge in [0.05, 0.1) is 11.3 Å². The average molecular weight is 335 g/mol. The van der Waals surface area contributed by atoms with Crippen molar-refractivity contribution in [2.75, 3.05) is 12.6 Å². The first-order chi connectivity index (χ1) is 9.04. The van der Waals surface area contributed by atoms with Crippen LogP contribution in [-0.2, 0) is 16.3 Å². The lowest BCUT2D eigenvalue weighted by Crippen LogP contribution is -1.86. The lowest BCUT2D eigenvalue weighted by molar-refractivity contribution is 0.219. The van der Waals surface area contributed by atoms with Gasteiger partial charge in [0.25, 0.3) is 0 Å². The first-order valence-corrected chi connectivity index (χ1v) is 10.6. The summed E-state index contributed by atoms with van der Waals surface area (Å²) >= 11 is 7.48. The van der Waals surface area contributed by atoms with Gasteiger partial charge in [0.1, 0.15) is 11.9 Å². The molecule has 0 aliphatic carbocycles. The highest BCUT2D eigenvalue weighted by Gasteiger charge is 2.21. The topological polar surface area (TPSA) is 33.0 Å². The van der Waals surface area contributed by atoms with Crippen LogP contribution < -0.4 is 0 Å². The van der Waals surface area contributed by atoms with Gasteiger partial charge in [0.15, 0.2) is 11.5 Å². The van der Waals surface area contributed by atoms with Crippen LogP contribution in [0.3, 0.4) is 0 Å². The molecule has 2 nitrogen and oxygen atoms in total. The predicted octanol–water partition coefficient (Wildman–Crippen LogP) is 4.32. The van der Waals surface area contributed by atoms with Gasteiger partial charge in [-0.2, -0.15) is 5.26 Å². The molecule has 100 valence electrons. The molecule has 1 rings (SSSR count). The Balaban J connectivity index is 2.91. The van der Waals surface area contributed by atoms with Crippen LogP contribution in [0.2, 0.25) is 0 Å². The molecular formula is C11H8F2NOPS3. The normalized spacial score (nSPS) is 13.3. The number of nitrogens with zero attached hydrogens (tertiary/aromatic N) is 1. The molecule has 1 unspecified atom stereocenters. The number of hydrogen-bond acceptors (Lipinski definition) is 5. The third-order valence-corrected chi connectivity index (χ3v) is 10.3. The van der Waals surface area contributed by atoms with Gasteiger partial charge in [-0.1, -0.05) is 28.7 Å². The lowest BCUT2D eigenvalue weighted by Gasteiger charge is -2.18. The fourth-order valence-corrected chi connectivity index (χ4v) is 7.80. The first-order valence-electron chi connectivity index (χ1n) is 4.82. The van der Waals surface area contributed by atoms with Gasteiger partial charge in [-0.05, 0) is 30.0 Å². The fourth-order valence-electron chi connectivity index (χ4n) is 1.04. The highest BCUT2D eigenvalue weighted by molar-refractivity contribution is 8.99. The third kappa shape index (κ3) is 5.14. The van der Waals surface area contributed by atoms with Crippen molar-refractivity contribution in [2.45, 2.75) is 4.90 Å². The highest BCUT2D eigenvalue weighted by Crippen LogP contribution is 2.72. The summed E-state index contributed by atoms with van der Waals surface area (Å²) in [5.41, 5.74) is -0.0552. The van der Waals surface area contributed by atoms with Crippen LogP contribution in [0.5, 0.6) is 0 Å². The number of alkyl halides is 1. The largest absolute Gasteiger partial charge is 0.301 e. The zero-order valence-corrected chi connectivity index (χ0v) is 12.9. The molecule has 0 fully saturated rings. The van der Waals surface area contributed by atoms with Crippen LogP contribution in [0, 0.1) is 29.5 Å². The van der Waals surface area contributed by atoms with E-state index in [9.17, 15) is 8.78 Å². The second-order valence-corrected chi connectivity index (χ2v) is 13.4. The third-order valence-electron chi connectivity index (χ3n) is 1.79. The summed E-state index contributed by atoms with van der Waals surface area (Å²) in [7, 11) is 0. The van der Waals surface area contributed by atoms with Crippen LogP contribution in [-0.4, -0.2) is 12.6 Å². The number of rotatable bonds is 6. The van der Waals surface area contributed by atoms with Gasteiger partial charge in [0, 0.05) is 4.90 Å². The van der Waals surface area contributed by atoms with Gasteiger partial charge in [0.2, 0.25) is 0 Å². The Morgan fingerprint density at radius 2 is 2.26 bits per heavy atom. The maximum absolute atomic E-state index is 13.5. The van der Waals surface area contributed by atoms with Crippen molar-refractivity contribution in [3.05, 3.63) is 29.6 Å². The van der Waals surface area contributed by atoms with E-state index in [0.717, 1.165) is 22.8 Å². The Bertz CT molecular complexity index is 582. The maximum Gasteiger partial charge on any atom is 0.194 e. The molecule has 0 aromatic heterocycles. The summed E-state index contributed by atoms with van der Waals surface area (Å²) in [5.74, 6) is 2.04. The quantitative estimate of drug-likeness (QED) is 0.571. The maximum atomic E-state index is 13.5. The van der Waals surface area contributed by atoms with Crippen LogP contribution in [0.25, 0.3) is 0 Å². The molecule has 8 heteroatoms. The standard InChI is InChI=1S/C11H8F2NOPS3/c1-2-5-18-16(17,15-8-12)19-10-4-3-9(7-14)11(13)6-10/h1,3-4,6H,5,8H2. The number of benzene rings is 1. The molecular weight excluding hydrogens is 327 g/mol. The number of hydrogen-bond donors (Lipinski definition) is 0. The number of terminal acetylenes is 1. The van der Waals surface area contributed by atoms with E-state index in [1.807, 2.05) is 0 Å². The molecule has 1 aromatic carbocycles. The molecule has 0 amide bonds. The van der Waals surface area contributed by atoms with Crippen molar-refractivity contribution in [3.63, 3.8) is 0 Å². The molecule has 0 aliphatic heterocycles. The van der Waals surface area contributed by atoms with E-state index in [1.165, 1.54) is 12.1 Å². The van der Waals surface area contributed by atoms with E-state index < -0.39 is 17.3 Å². The Kier molecular flexibility index (Phi) is 6.85. The van der Waals surface area contributed by atoms with Gasteiger partial charge in [-0.15, -0.1) is 6.42 Å². The minimum atomic E-state index is -2.60. The summed E-state index contributed by atoms with van der Waals surface area (Å²) in [6, 6.07) is 5.80. The van der Waals surface area contributed by atoms with Crippen molar-refractivity contribution in [3.8, 4) is 18.4 Å². The summed E-state index contributed by atoms with van der Waals surface area (Å²) in [4.78, 5) is 0.484. The molecule has 0 bridgehead atoms. The molecule has 1 atom stereocenters. The zero-order valence-electron chi connectivity index (χ0n) is 9.51. The van der Waals surface area contributed by atoms with E-state index in [4.69, 9.17) is 28.0 Å². The van der Waals surface area contributed by atoms with Crippen LogP contribution in [0.4, 0.5) is 8.78 Å². The van der Waals surface area contributed by atoms with Crippen LogP contribution in [0.15, 0.2) is 23.1 Å². The van der Waals surface area contributed by atoms with E-state index in [-0.39, 0.29) is 5.56 Å². The second kappa shape index (κ2) is 7.89. The van der Waals surface area contributed by atoms with Crippen molar-refractivity contribution in [1.82, 2.24) is 0 Å². The van der Waals surface area contributed by atoms with Crippen molar-refractivity contribution in [1.29, 1.82) is 5.26 Å². The molecule has 19 heavy (non-hydrogen) atoms. The smallest absolute Gasteiger partial charge is 0.194 e. The Labute approximate surface area is 123 Å². The molecule has 0 saturated heterocycles. The zero-order chi connectivity index (χ0) is 14.3. The summed E-state index contributed by atoms with van der Waals surface area (Å²) in [6.45, 7) is -1.01. The summed E-state index contributed by atoms with van der Waals surface area (Å²) in [5, 5.41) is 8.63. The van der Waals surface area contributed by atoms with E-state index in [2.05, 4.69) is 5.92 Å². The Hall–Kier alpha value is -0.560. The van der Waals surface area contributed by atoms with E-state index >= 15 is 0 Å². The summed E-state index contributed by atoms with van der Waals surface area (Å²) < 4.78 is 28.1. The highest BCUT2D eigenvalue weighted by atomic mass is 33.2. The van der Waals surface area contributed by atoms with Gasteiger partial charge in [-0.25, -0.2) is 8.78 Å². The average Bonchev–Trinajstić information content (AvgIpc) is 2.37. The first kappa shape index (κ1) is 16.5. The molecule has 0 heterocycles. The van der Waals surface area contributed by atoms with E-state index in [1.54, 1.807) is 12.1 Å². The van der Waals surface area contributed by atoms with Crippen molar-refractivity contribution >= 4 is 39.2 Å². The SMILES string of the molecule is C#CCSP(=S)(OCF)Sc1ccc(C#N)c(F)c1. The van der Waals surface area contributed by atoms with Crippen LogP contribution >= 0.6 is 27.4 Å². The minimum Gasteiger partial charge on any atom is -0.301 e. The second-order valence-electron chi connectivity index (χ2n) is 3.01. The Morgan fingerprint density at radius 1 is 1.53 bits per heavy atom. The van der Waals surface area contributed by atoms with Gasteiger partial charge >= 0.3 is 0 Å². The van der Waals surface area contributed by atoms with Crippen LogP contribution in [0.1, 0.15) is 5.56 Å². The van der Waals surface area contributed by atoms with Crippen molar-refractivity contribution in [2.24, 2.45) is 0 Å².